The fourth-order valence-corrected chi connectivity index (χ4v) is 9.32. The van der Waals surface area contributed by atoms with Gasteiger partial charge >= 0.3 is 114 Å². The van der Waals surface area contributed by atoms with Crippen LogP contribution in [-0.4, -0.2) is 93.8 Å². The second-order valence-electron chi connectivity index (χ2n) is 17.2. The SMILES string of the molecule is CS(=O)(=O)Nc1cccc(C(O)CN(CCOc2ccc3c(c2)[nH]c2ccccc23)Cc2ccccc2)c1.CS(=O)(=O)Nc1cccc(C(O)CNCCOc2ccc3c(c2)[nH]c2ccccc23)c1.[CH3-].[CH3-].[I][V]([I])[I].[I][V][I]. The average Bonchev–Trinajstić information content (AvgIpc) is 3.95. The number of fused-ring (bicyclic) bond motifs is 6. The molecule has 2 aromatic heterocycles. The molecule has 9 aromatic rings. The number of aliphatic hydroxyl groups excluding tert-OH is 2. The first-order chi connectivity index (χ1) is 36.4. The Labute approximate surface area is 525 Å². The molecule has 0 amide bonds. The van der Waals surface area contributed by atoms with E-state index in [-0.39, 0.29) is 19.8 Å². The molecule has 78 heavy (non-hydrogen) atoms. The van der Waals surface area contributed by atoms with E-state index in [1.54, 1.807) is 48.5 Å². The van der Waals surface area contributed by atoms with Crippen LogP contribution in [0.2, 0.25) is 0 Å². The molecule has 0 saturated carbocycles. The van der Waals surface area contributed by atoms with Crippen molar-refractivity contribution in [1.82, 2.24) is 20.2 Å². The van der Waals surface area contributed by atoms with Gasteiger partial charge in [-0.25, -0.2) is 16.8 Å². The van der Waals surface area contributed by atoms with Gasteiger partial charge in [0.05, 0.1) is 35.8 Å². The van der Waals surface area contributed by atoms with E-state index in [0.29, 0.717) is 77.9 Å². The number of halogens is 5. The summed E-state index contributed by atoms with van der Waals surface area (Å²) in [6.45, 7) is 3.38. The molecule has 0 bridgehead atoms. The third-order valence-corrected chi connectivity index (χ3v) is 12.6. The second kappa shape index (κ2) is 34.5. The number of H-pyrrole nitrogens is 2. The number of aromatic nitrogens is 2. The third kappa shape index (κ3) is 23.3. The maximum atomic E-state index is 11.6. The van der Waals surface area contributed by atoms with Gasteiger partial charge in [-0.05, 0) is 77.4 Å². The molecule has 2 heterocycles. The third-order valence-electron chi connectivity index (χ3n) is 11.3. The number of benzene rings is 7. The zero-order valence-corrected chi connectivity index (χ0v) is 58.3. The first kappa shape index (κ1) is 68.4. The number of sulfonamides is 2. The van der Waals surface area contributed by atoms with Crippen LogP contribution in [-0.2, 0) is 41.0 Å². The van der Waals surface area contributed by atoms with Gasteiger partial charge in [0.1, 0.15) is 24.7 Å². The summed E-state index contributed by atoms with van der Waals surface area (Å²) in [5.74, 6) is 1.56. The fraction of sp³-hybridized carbons (Fsp3) is 0.200. The predicted octanol–water partition coefficient (Wildman–Crippen LogP) is 14.0. The van der Waals surface area contributed by atoms with Crippen LogP contribution >= 0.6 is 99.9 Å². The summed E-state index contributed by atoms with van der Waals surface area (Å²) in [5, 5.41) is 29.3. The molecule has 2 unspecified atom stereocenters. The topological polar surface area (TPSA) is 198 Å². The molecular weight excluding hydrogens is 1670 g/mol. The number of ether oxygens (including phenoxy) is 2. The number of aromatic amines is 2. The van der Waals surface area contributed by atoms with E-state index in [4.69, 9.17) is 9.47 Å². The molecule has 0 aliphatic rings. The van der Waals surface area contributed by atoms with Crippen LogP contribution in [0.25, 0.3) is 43.6 Å². The first-order valence-electron chi connectivity index (χ1n) is 23.3. The average molecular weight is 1740 g/mol. The fourth-order valence-electron chi connectivity index (χ4n) is 8.21. The standard InChI is InChI=1S/C30H31N3O4S.C23H25N3O4S.2CH3.5HI.2V/c1-38(35,36)32-24-11-7-10-23(18-24)30(34)21-33(20-22-8-3-2-4-9-22)16-17-37-25-14-15-27-26-12-5-6-13-28(26)31-29(27)19-25;1-31(28,29)26-17-6-4-5-16(13-17)23(27)15-24-11-12-30-18-9-10-20-19-7-2-3-8-21(19)25-22(20)14-18;;;;;;;;;/h2-15,18-19,30-32,34H,16-17,20-21H2,1H3;2-10,13-14,23-27H,11-12,15H2,1H3;2*1H3;5*1H;;/q;;2*-1;;;;;;+2;+3/p-5. The van der Waals surface area contributed by atoms with Gasteiger partial charge in [0.2, 0.25) is 20.0 Å². The van der Waals surface area contributed by atoms with Crippen LogP contribution < -0.4 is 24.2 Å². The Bertz CT molecular complexity index is 3490. The molecule has 0 saturated heterocycles. The Morgan fingerprint density at radius 2 is 1.01 bits per heavy atom. The van der Waals surface area contributed by atoms with E-state index in [1.807, 2.05) is 66.7 Å². The molecule has 0 radical (unpaired) electrons. The first-order valence-corrected chi connectivity index (χ1v) is 49.6. The van der Waals surface area contributed by atoms with Gasteiger partial charge < -0.3 is 49.8 Å². The van der Waals surface area contributed by atoms with Crippen molar-refractivity contribution in [2.24, 2.45) is 0 Å². The molecule has 0 spiro atoms. The summed E-state index contributed by atoms with van der Waals surface area (Å²) in [6.07, 6.45) is 0.632. The summed E-state index contributed by atoms with van der Waals surface area (Å²) in [6, 6.07) is 52.2. The Morgan fingerprint density at radius 3 is 1.50 bits per heavy atom. The van der Waals surface area contributed by atoms with Crippen molar-refractivity contribution in [3.63, 3.8) is 0 Å². The molecule has 23 heteroatoms. The summed E-state index contributed by atoms with van der Waals surface area (Å²) >= 11 is 12.1. The van der Waals surface area contributed by atoms with Gasteiger partial charge in [0, 0.05) is 88.8 Å². The van der Waals surface area contributed by atoms with Crippen LogP contribution in [0.15, 0.2) is 164 Å². The molecule has 9 rings (SSSR count). The van der Waals surface area contributed by atoms with Crippen molar-refractivity contribution in [3.8, 4) is 11.5 Å². The monoisotopic (exact) mass is 1730 g/mol. The Morgan fingerprint density at radius 1 is 0.577 bits per heavy atom. The molecule has 419 valence electrons. The summed E-state index contributed by atoms with van der Waals surface area (Å²) in [4.78, 5) is 8.71. The molecule has 0 fully saturated rings. The number of rotatable bonds is 20. The van der Waals surface area contributed by atoms with Crippen LogP contribution in [0, 0.1) is 14.9 Å². The van der Waals surface area contributed by atoms with Crippen LogP contribution in [0.1, 0.15) is 28.9 Å². The van der Waals surface area contributed by atoms with Gasteiger partial charge in [-0.3, -0.25) is 14.3 Å². The molecular formula is C55H62I5N6O8S2V2-2. The number of nitrogens with one attached hydrogen (secondary N) is 5. The summed E-state index contributed by atoms with van der Waals surface area (Å²) < 4.78 is 62.8. The van der Waals surface area contributed by atoms with Crippen molar-refractivity contribution in [1.29, 1.82) is 0 Å². The zero-order valence-electron chi connectivity index (χ0n) is 43.1. The normalized spacial score (nSPS) is 11.9. The van der Waals surface area contributed by atoms with Crippen LogP contribution in [0.5, 0.6) is 11.5 Å². The molecule has 2 atom stereocenters. The van der Waals surface area contributed by atoms with E-state index >= 15 is 0 Å². The number of nitrogens with zero attached hydrogens (tertiary/aromatic N) is 1. The van der Waals surface area contributed by atoms with E-state index in [1.165, 1.54) is 10.8 Å². The second-order valence-corrected chi connectivity index (χ2v) is 67.8. The number of hydrogen-bond acceptors (Lipinski definition) is 10. The van der Waals surface area contributed by atoms with Crippen LogP contribution in [0.4, 0.5) is 11.4 Å². The van der Waals surface area contributed by atoms with Crippen molar-refractivity contribution < 1.29 is 50.9 Å². The number of para-hydroxylation sites is 2. The van der Waals surface area contributed by atoms with Crippen molar-refractivity contribution in [2.75, 3.05) is 61.3 Å². The van der Waals surface area contributed by atoms with E-state index < -0.39 is 32.3 Å². The van der Waals surface area contributed by atoms with Gasteiger partial charge in [-0.15, -0.1) is 0 Å². The minimum atomic E-state index is -3.40. The number of aliphatic hydroxyl groups is 2. The molecule has 7 N–H and O–H groups in total. The molecule has 14 nitrogen and oxygen atoms in total. The van der Waals surface area contributed by atoms with Crippen molar-refractivity contribution >= 4 is 175 Å². The number of anilines is 2. The minimum absolute atomic E-state index is 0. The van der Waals surface area contributed by atoms with Gasteiger partial charge in [-0.1, -0.05) is 91.0 Å². The molecule has 0 aliphatic heterocycles. The van der Waals surface area contributed by atoms with E-state index in [9.17, 15) is 27.0 Å². The van der Waals surface area contributed by atoms with Crippen molar-refractivity contribution in [2.45, 2.75) is 18.8 Å². The van der Waals surface area contributed by atoms with Gasteiger partial charge in [0.15, 0.2) is 0 Å². The van der Waals surface area contributed by atoms with Crippen molar-refractivity contribution in [3.05, 3.63) is 195 Å². The zero-order chi connectivity index (χ0) is 54.7. The van der Waals surface area contributed by atoms with Gasteiger partial charge in [-0.2, -0.15) is 0 Å². The van der Waals surface area contributed by atoms with Crippen LogP contribution in [0.3, 0.4) is 0 Å². The maximum absolute atomic E-state index is 11.6. The Balaban J connectivity index is 0.000000298. The molecule has 0 aliphatic carbocycles. The van der Waals surface area contributed by atoms with Gasteiger partial charge in [0.25, 0.3) is 0 Å². The molecule has 7 aromatic carbocycles. The Kier molecular flexibility index (Phi) is 30.2. The quantitative estimate of drug-likeness (QED) is 0.0219. The Hall–Kier alpha value is -2.10. The number of hydrogen-bond donors (Lipinski definition) is 7. The van der Waals surface area contributed by atoms with E-state index in [2.05, 4.69) is 178 Å². The summed E-state index contributed by atoms with van der Waals surface area (Å²) in [7, 11) is -6.13. The predicted molar refractivity (Wildman–Crippen MR) is 360 cm³/mol. The van der Waals surface area contributed by atoms with E-state index in [0.717, 1.165) is 62.4 Å². The summed E-state index contributed by atoms with van der Waals surface area (Å²) in [5.41, 5.74) is 7.51.